The van der Waals surface area contributed by atoms with E-state index in [2.05, 4.69) is 4.99 Å². The summed E-state index contributed by atoms with van der Waals surface area (Å²) in [6.07, 6.45) is 0.610. The van der Waals surface area contributed by atoms with Crippen LogP contribution in [0.5, 0.6) is 0 Å². The average molecular weight is 247 g/mol. The maximum Gasteiger partial charge on any atom is 0.332 e. The average Bonchev–Trinajstić information content (AvgIpc) is 2.36. The first-order valence-electron chi connectivity index (χ1n) is 6.11. The highest BCUT2D eigenvalue weighted by atomic mass is 16.6. The second-order valence-corrected chi connectivity index (χ2v) is 4.21. The molecule has 96 valence electrons. The highest BCUT2D eigenvalue weighted by Gasteiger charge is 2.22. The fourth-order valence-corrected chi connectivity index (χ4v) is 2.01. The lowest BCUT2D eigenvalue weighted by Crippen LogP contribution is -2.18. The molecule has 1 aromatic rings. The highest BCUT2D eigenvalue weighted by Crippen LogP contribution is 2.34. The standard InChI is InChI=1S/C14H17NO3/c1-3-17-14(16)9-18-13-8-10(2)15-12-7-5-4-6-11(12)13/h4-7,13H,3,8-9H2,1-2H3. The van der Waals surface area contributed by atoms with E-state index in [1.807, 2.05) is 31.2 Å². The predicted molar refractivity (Wildman–Crippen MR) is 69.2 cm³/mol. The van der Waals surface area contributed by atoms with E-state index >= 15 is 0 Å². The largest absolute Gasteiger partial charge is 0.464 e. The van der Waals surface area contributed by atoms with Gasteiger partial charge in [-0.2, -0.15) is 0 Å². The molecule has 18 heavy (non-hydrogen) atoms. The number of fused-ring (bicyclic) bond motifs is 1. The minimum absolute atomic E-state index is 0.0138. The Labute approximate surface area is 107 Å². The summed E-state index contributed by atoms with van der Waals surface area (Å²) in [6, 6.07) is 7.85. The lowest BCUT2D eigenvalue weighted by atomic mass is 9.99. The second kappa shape index (κ2) is 5.78. The molecular weight excluding hydrogens is 230 g/mol. The number of carbonyl (C=O) groups excluding carboxylic acids is 1. The van der Waals surface area contributed by atoms with Gasteiger partial charge in [0.25, 0.3) is 0 Å². The van der Waals surface area contributed by atoms with Gasteiger partial charge >= 0.3 is 5.97 Å². The summed E-state index contributed by atoms with van der Waals surface area (Å²) in [7, 11) is 0. The van der Waals surface area contributed by atoms with Crippen molar-refractivity contribution in [2.45, 2.75) is 26.4 Å². The van der Waals surface area contributed by atoms with E-state index in [0.29, 0.717) is 6.61 Å². The third-order valence-electron chi connectivity index (χ3n) is 2.78. The molecule has 0 saturated heterocycles. The Kier molecular flexibility index (Phi) is 4.10. The van der Waals surface area contributed by atoms with E-state index in [1.165, 1.54) is 0 Å². The van der Waals surface area contributed by atoms with Crippen molar-refractivity contribution in [3.05, 3.63) is 29.8 Å². The van der Waals surface area contributed by atoms with Crippen LogP contribution >= 0.6 is 0 Å². The van der Waals surface area contributed by atoms with E-state index in [4.69, 9.17) is 9.47 Å². The van der Waals surface area contributed by atoms with Gasteiger partial charge in [-0.1, -0.05) is 18.2 Å². The number of esters is 1. The molecule has 2 rings (SSSR count). The molecular formula is C14H17NO3. The molecule has 1 heterocycles. The van der Waals surface area contributed by atoms with Crippen LogP contribution in [0, 0.1) is 0 Å². The Morgan fingerprint density at radius 3 is 3.00 bits per heavy atom. The van der Waals surface area contributed by atoms with Crippen LogP contribution in [0.1, 0.15) is 31.9 Å². The minimum atomic E-state index is -0.324. The van der Waals surface area contributed by atoms with Crippen molar-refractivity contribution >= 4 is 17.4 Å². The van der Waals surface area contributed by atoms with Gasteiger partial charge in [0.2, 0.25) is 0 Å². The Morgan fingerprint density at radius 1 is 1.44 bits per heavy atom. The molecule has 1 unspecified atom stereocenters. The van der Waals surface area contributed by atoms with Gasteiger partial charge in [-0.25, -0.2) is 4.79 Å². The van der Waals surface area contributed by atoms with E-state index < -0.39 is 0 Å². The lowest BCUT2D eigenvalue weighted by Gasteiger charge is -2.23. The van der Waals surface area contributed by atoms with E-state index in [0.717, 1.165) is 23.4 Å². The van der Waals surface area contributed by atoms with Gasteiger partial charge in [0.05, 0.1) is 18.4 Å². The first kappa shape index (κ1) is 12.8. The number of rotatable bonds is 4. The maximum atomic E-state index is 11.3. The van der Waals surface area contributed by atoms with Crippen molar-refractivity contribution in [3.63, 3.8) is 0 Å². The summed E-state index contributed by atoms with van der Waals surface area (Å²) >= 11 is 0. The Balaban J connectivity index is 2.06. The third kappa shape index (κ3) is 2.96. The van der Waals surface area contributed by atoms with Crippen molar-refractivity contribution in [2.24, 2.45) is 4.99 Å². The third-order valence-corrected chi connectivity index (χ3v) is 2.78. The normalized spacial score (nSPS) is 17.9. The Bertz CT molecular complexity index is 468. The summed E-state index contributed by atoms with van der Waals surface area (Å²) < 4.78 is 10.5. The van der Waals surface area contributed by atoms with Crippen LogP contribution in [-0.2, 0) is 14.3 Å². The van der Waals surface area contributed by atoms with Crippen molar-refractivity contribution in [1.82, 2.24) is 0 Å². The zero-order valence-corrected chi connectivity index (χ0v) is 10.7. The number of ether oxygens (including phenoxy) is 2. The molecule has 0 aliphatic carbocycles. The molecule has 0 amide bonds. The number of benzene rings is 1. The molecule has 1 aliphatic rings. The quantitative estimate of drug-likeness (QED) is 0.769. The molecule has 0 radical (unpaired) electrons. The van der Waals surface area contributed by atoms with Crippen LogP contribution in [0.3, 0.4) is 0 Å². The van der Waals surface area contributed by atoms with Gasteiger partial charge in [-0.05, 0) is 19.9 Å². The number of aliphatic imine (C=N–C) groups is 1. The van der Waals surface area contributed by atoms with Crippen molar-refractivity contribution in [3.8, 4) is 0 Å². The van der Waals surface area contributed by atoms with Crippen LogP contribution in [-0.4, -0.2) is 24.9 Å². The van der Waals surface area contributed by atoms with Crippen LogP contribution < -0.4 is 0 Å². The van der Waals surface area contributed by atoms with Crippen LogP contribution in [0.2, 0.25) is 0 Å². The molecule has 0 saturated carbocycles. The van der Waals surface area contributed by atoms with Crippen molar-refractivity contribution in [2.75, 3.05) is 13.2 Å². The molecule has 0 N–H and O–H groups in total. The van der Waals surface area contributed by atoms with Crippen molar-refractivity contribution < 1.29 is 14.3 Å². The number of hydrogen-bond donors (Lipinski definition) is 0. The molecule has 4 heteroatoms. The lowest BCUT2D eigenvalue weighted by molar-refractivity contribution is -0.150. The monoisotopic (exact) mass is 247 g/mol. The second-order valence-electron chi connectivity index (χ2n) is 4.21. The van der Waals surface area contributed by atoms with Gasteiger partial charge in [-0.15, -0.1) is 0 Å². The fraction of sp³-hybridized carbons (Fsp3) is 0.429. The zero-order chi connectivity index (χ0) is 13.0. The SMILES string of the molecule is CCOC(=O)COC1CC(C)=Nc2ccccc21. The number of nitrogens with zero attached hydrogens (tertiary/aromatic N) is 1. The smallest absolute Gasteiger partial charge is 0.332 e. The van der Waals surface area contributed by atoms with Crippen LogP contribution in [0.4, 0.5) is 5.69 Å². The van der Waals surface area contributed by atoms with Crippen molar-refractivity contribution in [1.29, 1.82) is 0 Å². The Hall–Kier alpha value is -1.68. The van der Waals surface area contributed by atoms with E-state index in [9.17, 15) is 4.79 Å². The topological polar surface area (TPSA) is 47.9 Å². The first-order chi connectivity index (χ1) is 8.70. The minimum Gasteiger partial charge on any atom is -0.464 e. The Morgan fingerprint density at radius 2 is 2.22 bits per heavy atom. The van der Waals surface area contributed by atoms with Crippen LogP contribution in [0.25, 0.3) is 0 Å². The van der Waals surface area contributed by atoms with Gasteiger partial charge in [0, 0.05) is 17.7 Å². The van der Waals surface area contributed by atoms with Gasteiger partial charge < -0.3 is 9.47 Å². The van der Waals surface area contributed by atoms with E-state index in [-0.39, 0.29) is 18.7 Å². The molecule has 0 fully saturated rings. The number of para-hydroxylation sites is 1. The highest BCUT2D eigenvalue weighted by molar-refractivity contribution is 5.87. The first-order valence-corrected chi connectivity index (χ1v) is 6.11. The molecule has 0 aromatic heterocycles. The molecule has 4 nitrogen and oxygen atoms in total. The summed E-state index contributed by atoms with van der Waals surface area (Å²) in [5, 5.41) is 0. The molecule has 0 bridgehead atoms. The zero-order valence-electron chi connectivity index (χ0n) is 10.7. The van der Waals surface area contributed by atoms with Gasteiger partial charge in [0.1, 0.15) is 6.61 Å². The number of hydrogen-bond acceptors (Lipinski definition) is 4. The predicted octanol–water partition coefficient (Wildman–Crippen LogP) is 2.80. The summed E-state index contributed by atoms with van der Waals surface area (Å²) in [4.78, 5) is 15.8. The summed E-state index contributed by atoms with van der Waals surface area (Å²) in [5.74, 6) is -0.324. The molecule has 1 aromatic carbocycles. The van der Waals surface area contributed by atoms with Gasteiger partial charge in [0.15, 0.2) is 0 Å². The fourth-order valence-electron chi connectivity index (χ4n) is 2.01. The van der Waals surface area contributed by atoms with E-state index in [1.54, 1.807) is 6.92 Å². The molecule has 0 spiro atoms. The number of carbonyl (C=O) groups is 1. The summed E-state index contributed by atoms with van der Waals surface area (Å²) in [5.41, 5.74) is 2.98. The van der Waals surface area contributed by atoms with Gasteiger partial charge in [-0.3, -0.25) is 4.99 Å². The maximum absolute atomic E-state index is 11.3. The molecule has 1 atom stereocenters. The summed E-state index contributed by atoms with van der Waals surface area (Å²) in [6.45, 7) is 4.12. The van der Waals surface area contributed by atoms with Crippen LogP contribution in [0.15, 0.2) is 29.3 Å². The molecule has 1 aliphatic heterocycles.